The number of phenols is 1. The number of para-hydroxylation sites is 1. The highest BCUT2D eigenvalue weighted by Gasteiger charge is 2.14. The zero-order valence-corrected chi connectivity index (χ0v) is 10.6. The van der Waals surface area contributed by atoms with Crippen LogP contribution >= 0.6 is 0 Å². The van der Waals surface area contributed by atoms with E-state index in [9.17, 15) is 9.90 Å². The predicted octanol–water partition coefficient (Wildman–Crippen LogP) is 0.756. The van der Waals surface area contributed by atoms with Gasteiger partial charge in [-0.1, -0.05) is 12.1 Å². The number of hydrogen-bond donors (Lipinski definition) is 3. The molecule has 18 heavy (non-hydrogen) atoms. The SMILES string of the molecule is CC(=O)Nc1c(O)cccc1CN1CCNCC1. The fraction of sp³-hybridized carbons (Fsp3) is 0.462. The van der Waals surface area contributed by atoms with Gasteiger partial charge in [-0.05, 0) is 11.6 Å². The first-order chi connectivity index (χ1) is 8.66. The van der Waals surface area contributed by atoms with Gasteiger partial charge in [-0.15, -0.1) is 0 Å². The molecule has 1 amide bonds. The second kappa shape index (κ2) is 5.84. The Balaban J connectivity index is 2.15. The number of carbonyl (C=O) groups is 1. The number of hydrogen-bond acceptors (Lipinski definition) is 4. The van der Waals surface area contributed by atoms with E-state index < -0.39 is 0 Å². The van der Waals surface area contributed by atoms with Crippen LogP contribution in [0.3, 0.4) is 0 Å². The van der Waals surface area contributed by atoms with Gasteiger partial charge in [-0.2, -0.15) is 0 Å². The molecule has 1 saturated heterocycles. The maximum atomic E-state index is 11.2. The third kappa shape index (κ3) is 3.21. The molecule has 0 aromatic heterocycles. The summed E-state index contributed by atoms with van der Waals surface area (Å²) in [7, 11) is 0. The molecule has 0 radical (unpaired) electrons. The molecule has 5 nitrogen and oxygen atoms in total. The molecule has 0 spiro atoms. The second-order valence-corrected chi connectivity index (χ2v) is 4.52. The maximum absolute atomic E-state index is 11.2. The summed E-state index contributed by atoms with van der Waals surface area (Å²) < 4.78 is 0. The molecule has 1 aromatic rings. The van der Waals surface area contributed by atoms with Crippen molar-refractivity contribution in [1.29, 1.82) is 0 Å². The minimum atomic E-state index is -0.168. The average molecular weight is 249 g/mol. The van der Waals surface area contributed by atoms with E-state index in [2.05, 4.69) is 15.5 Å². The van der Waals surface area contributed by atoms with Crippen LogP contribution in [0.15, 0.2) is 18.2 Å². The van der Waals surface area contributed by atoms with Crippen molar-refractivity contribution in [2.24, 2.45) is 0 Å². The third-order valence-corrected chi connectivity index (χ3v) is 3.03. The van der Waals surface area contributed by atoms with Gasteiger partial charge in [0.2, 0.25) is 5.91 Å². The summed E-state index contributed by atoms with van der Waals surface area (Å²) in [5, 5.41) is 15.8. The lowest BCUT2D eigenvalue weighted by Gasteiger charge is -2.28. The van der Waals surface area contributed by atoms with E-state index in [-0.39, 0.29) is 11.7 Å². The molecular weight excluding hydrogens is 230 g/mol. The predicted molar refractivity (Wildman–Crippen MR) is 70.6 cm³/mol. The van der Waals surface area contributed by atoms with Crippen molar-refractivity contribution in [3.05, 3.63) is 23.8 Å². The van der Waals surface area contributed by atoms with Gasteiger partial charge in [-0.25, -0.2) is 0 Å². The highest BCUT2D eigenvalue weighted by atomic mass is 16.3. The third-order valence-electron chi connectivity index (χ3n) is 3.03. The summed E-state index contributed by atoms with van der Waals surface area (Å²) in [5.41, 5.74) is 1.48. The van der Waals surface area contributed by atoms with Crippen LogP contribution in [0.2, 0.25) is 0 Å². The minimum Gasteiger partial charge on any atom is -0.506 e. The summed E-state index contributed by atoms with van der Waals surface area (Å²) >= 11 is 0. The number of piperazine rings is 1. The molecule has 1 aromatic carbocycles. The Hall–Kier alpha value is -1.59. The summed E-state index contributed by atoms with van der Waals surface area (Å²) in [6, 6.07) is 5.33. The van der Waals surface area contributed by atoms with Gasteiger partial charge < -0.3 is 15.7 Å². The molecule has 0 saturated carbocycles. The van der Waals surface area contributed by atoms with E-state index in [4.69, 9.17) is 0 Å². The summed E-state index contributed by atoms with van der Waals surface area (Å²) in [5.74, 6) is -0.0455. The normalized spacial score (nSPS) is 16.5. The van der Waals surface area contributed by atoms with Crippen LogP contribution in [0.5, 0.6) is 5.75 Å². The molecule has 1 aliphatic rings. The highest BCUT2D eigenvalue weighted by molar-refractivity contribution is 5.91. The molecule has 0 aliphatic carbocycles. The monoisotopic (exact) mass is 249 g/mol. The minimum absolute atomic E-state index is 0.123. The number of nitrogens with zero attached hydrogens (tertiary/aromatic N) is 1. The molecule has 1 fully saturated rings. The van der Waals surface area contributed by atoms with Crippen LogP contribution in [0.1, 0.15) is 12.5 Å². The molecule has 5 heteroatoms. The Morgan fingerprint density at radius 1 is 1.44 bits per heavy atom. The van der Waals surface area contributed by atoms with E-state index in [1.54, 1.807) is 12.1 Å². The molecule has 3 N–H and O–H groups in total. The van der Waals surface area contributed by atoms with Gasteiger partial charge in [0, 0.05) is 39.6 Å². The molecule has 0 atom stereocenters. The number of aromatic hydroxyl groups is 1. The Kier molecular flexibility index (Phi) is 4.17. The van der Waals surface area contributed by atoms with E-state index in [1.165, 1.54) is 6.92 Å². The molecule has 98 valence electrons. The molecular formula is C13H19N3O2. The number of benzene rings is 1. The number of phenolic OH excluding ortho intramolecular Hbond substituents is 1. The molecule has 0 unspecified atom stereocenters. The van der Waals surface area contributed by atoms with E-state index >= 15 is 0 Å². The fourth-order valence-corrected chi connectivity index (χ4v) is 2.15. The van der Waals surface area contributed by atoms with Gasteiger partial charge in [0.25, 0.3) is 0 Å². The first-order valence-electron chi connectivity index (χ1n) is 6.18. The van der Waals surface area contributed by atoms with Crippen molar-refractivity contribution in [1.82, 2.24) is 10.2 Å². The van der Waals surface area contributed by atoms with Gasteiger partial charge in [0.15, 0.2) is 0 Å². The quantitative estimate of drug-likeness (QED) is 0.692. The number of amides is 1. The smallest absolute Gasteiger partial charge is 0.221 e. The zero-order valence-electron chi connectivity index (χ0n) is 10.6. The molecule has 2 rings (SSSR count). The number of anilines is 1. The van der Waals surface area contributed by atoms with Gasteiger partial charge in [-0.3, -0.25) is 9.69 Å². The van der Waals surface area contributed by atoms with E-state index in [0.717, 1.165) is 38.3 Å². The maximum Gasteiger partial charge on any atom is 0.221 e. The number of nitrogens with one attached hydrogen (secondary N) is 2. The Morgan fingerprint density at radius 2 is 2.17 bits per heavy atom. The first-order valence-corrected chi connectivity index (χ1v) is 6.18. The Bertz CT molecular complexity index is 428. The van der Waals surface area contributed by atoms with Crippen molar-refractivity contribution in [3.63, 3.8) is 0 Å². The van der Waals surface area contributed by atoms with Crippen LogP contribution in [0, 0.1) is 0 Å². The van der Waals surface area contributed by atoms with Crippen LogP contribution < -0.4 is 10.6 Å². The summed E-state index contributed by atoms with van der Waals surface area (Å²) in [6.45, 7) is 6.11. The van der Waals surface area contributed by atoms with Gasteiger partial charge >= 0.3 is 0 Å². The lowest BCUT2D eigenvalue weighted by atomic mass is 10.1. The van der Waals surface area contributed by atoms with Crippen molar-refractivity contribution < 1.29 is 9.90 Å². The lowest BCUT2D eigenvalue weighted by molar-refractivity contribution is -0.114. The molecule has 0 bridgehead atoms. The van der Waals surface area contributed by atoms with Crippen molar-refractivity contribution in [3.8, 4) is 5.75 Å². The lowest BCUT2D eigenvalue weighted by Crippen LogP contribution is -2.43. The van der Waals surface area contributed by atoms with Crippen molar-refractivity contribution in [2.45, 2.75) is 13.5 Å². The zero-order chi connectivity index (χ0) is 13.0. The van der Waals surface area contributed by atoms with E-state index in [1.807, 2.05) is 6.07 Å². The fourth-order valence-electron chi connectivity index (χ4n) is 2.15. The van der Waals surface area contributed by atoms with Gasteiger partial charge in [0.1, 0.15) is 5.75 Å². The first kappa shape index (κ1) is 12.9. The molecule has 1 aliphatic heterocycles. The van der Waals surface area contributed by atoms with Gasteiger partial charge in [0.05, 0.1) is 5.69 Å². The Morgan fingerprint density at radius 3 is 2.83 bits per heavy atom. The molecule has 1 heterocycles. The summed E-state index contributed by atoms with van der Waals surface area (Å²) in [6.07, 6.45) is 0. The Labute approximate surface area is 107 Å². The van der Waals surface area contributed by atoms with Crippen LogP contribution in [-0.4, -0.2) is 42.1 Å². The highest BCUT2D eigenvalue weighted by Crippen LogP contribution is 2.28. The largest absolute Gasteiger partial charge is 0.506 e. The van der Waals surface area contributed by atoms with Crippen molar-refractivity contribution in [2.75, 3.05) is 31.5 Å². The standard InChI is InChI=1S/C13H19N3O2/c1-10(17)15-13-11(3-2-4-12(13)18)9-16-7-5-14-6-8-16/h2-4,14,18H,5-9H2,1H3,(H,15,17). The second-order valence-electron chi connectivity index (χ2n) is 4.52. The van der Waals surface area contributed by atoms with Crippen LogP contribution in [0.25, 0.3) is 0 Å². The van der Waals surface area contributed by atoms with Crippen molar-refractivity contribution >= 4 is 11.6 Å². The van der Waals surface area contributed by atoms with Crippen LogP contribution in [-0.2, 0) is 11.3 Å². The number of carbonyl (C=O) groups excluding carboxylic acids is 1. The average Bonchev–Trinajstić information content (AvgIpc) is 2.34. The summed E-state index contributed by atoms with van der Waals surface area (Å²) in [4.78, 5) is 13.5. The van der Waals surface area contributed by atoms with Crippen LogP contribution in [0.4, 0.5) is 5.69 Å². The number of rotatable bonds is 3. The topological polar surface area (TPSA) is 64.6 Å². The van der Waals surface area contributed by atoms with E-state index in [0.29, 0.717) is 5.69 Å².